The van der Waals surface area contributed by atoms with Gasteiger partial charge in [0, 0.05) is 44.9 Å². The zero-order valence-corrected chi connectivity index (χ0v) is 23.4. The molecule has 11 nitrogen and oxygen atoms in total. The third-order valence-corrected chi connectivity index (χ3v) is 10.4. The Morgan fingerprint density at radius 1 is 0.897 bits per heavy atom. The van der Waals surface area contributed by atoms with E-state index in [1.807, 2.05) is 6.92 Å². The molecule has 0 spiro atoms. The van der Waals surface area contributed by atoms with Crippen LogP contribution in [0.1, 0.15) is 79.6 Å². The molecule has 4 aliphatic carbocycles. The van der Waals surface area contributed by atoms with Gasteiger partial charge in [-0.05, 0) is 44.9 Å². The van der Waals surface area contributed by atoms with Crippen LogP contribution in [0.25, 0.3) is 0 Å². The summed E-state index contributed by atoms with van der Waals surface area (Å²) in [6.07, 6.45) is -1.88. The first-order chi connectivity index (χ1) is 18.1. The van der Waals surface area contributed by atoms with E-state index >= 15 is 0 Å². The number of fused-ring (bicyclic) bond motifs is 5. The van der Waals surface area contributed by atoms with E-state index in [2.05, 4.69) is 0 Å². The molecule has 0 heterocycles. The lowest BCUT2D eigenvalue weighted by molar-refractivity contribution is -0.319. The number of ether oxygens (including phenoxy) is 4. The first-order valence-electron chi connectivity index (χ1n) is 13.9. The summed E-state index contributed by atoms with van der Waals surface area (Å²) in [4.78, 5) is 49.2. The van der Waals surface area contributed by atoms with Gasteiger partial charge >= 0.3 is 23.9 Å². The Morgan fingerprint density at radius 3 is 2.15 bits per heavy atom. The molecule has 4 fully saturated rings. The molecule has 0 amide bonds. The molecule has 4 rings (SSSR count). The Hall–Kier alpha value is -2.24. The number of esters is 4. The lowest BCUT2D eigenvalue weighted by atomic mass is 9.40. The van der Waals surface area contributed by atoms with Gasteiger partial charge in [0.15, 0.2) is 0 Å². The lowest BCUT2D eigenvalue weighted by Crippen LogP contribution is -2.76. The van der Waals surface area contributed by atoms with Crippen LogP contribution in [-0.4, -0.2) is 81.9 Å². The van der Waals surface area contributed by atoms with Crippen LogP contribution in [0.2, 0.25) is 0 Å². The predicted molar refractivity (Wildman–Crippen MR) is 134 cm³/mol. The fourth-order valence-electron chi connectivity index (χ4n) is 8.91. The fraction of sp³-hybridized carbons (Fsp3) is 0.857. The molecule has 11 heteroatoms. The Balaban J connectivity index is 1.86. The van der Waals surface area contributed by atoms with Crippen molar-refractivity contribution >= 4 is 23.9 Å². The van der Waals surface area contributed by atoms with Gasteiger partial charge in [-0.3, -0.25) is 19.2 Å². The van der Waals surface area contributed by atoms with Crippen molar-refractivity contribution in [2.45, 2.75) is 109 Å². The van der Waals surface area contributed by atoms with Gasteiger partial charge in [-0.1, -0.05) is 6.92 Å². The van der Waals surface area contributed by atoms with Gasteiger partial charge in [-0.15, -0.1) is 0 Å². The summed E-state index contributed by atoms with van der Waals surface area (Å²) in [5.41, 5.74) is -5.60. The quantitative estimate of drug-likeness (QED) is 0.321. The fourth-order valence-corrected chi connectivity index (χ4v) is 8.91. The van der Waals surface area contributed by atoms with Crippen LogP contribution in [0.3, 0.4) is 0 Å². The van der Waals surface area contributed by atoms with Crippen molar-refractivity contribution in [1.29, 1.82) is 0 Å². The van der Waals surface area contributed by atoms with Crippen molar-refractivity contribution < 1.29 is 53.4 Å². The summed E-state index contributed by atoms with van der Waals surface area (Å²) >= 11 is 0. The van der Waals surface area contributed by atoms with E-state index in [4.69, 9.17) is 18.9 Å². The molecule has 0 aromatic carbocycles. The average Bonchev–Trinajstić information content (AvgIpc) is 3.08. The minimum Gasteiger partial charge on any atom is -0.466 e. The summed E-state index contributed by atoms with van der Waals surface area (Å²) in [5, 5.41) is 36.5. The molecule has 0 unspecified atom stereocenters. The van der Waals surface area contributed by atoms with Crippen molar-refractivity contribution in [3.8, 4) is 0 Å². The number of carbonyl (C=O) groups is 4. The van der Waals surface area contributed by atoms with E-state index in [1.165, 1.54) is 20.8 Å². The Labute approximate surface area is 228 Å². The van der Waals surface area contributed by atoms with E-state index in [-0.39, 0.29) is 45.3 Å². The van der Waals surface area contributed by atoms with Gasteiger partial charge < -0.3 is 34.3 Å². The first-order valence-corrected chi connectivity index (χ1v) is 13.9. The lowest BCUT2D eigenvalue weighted by Gasteiger charge is -2.68. The Kier molecular flexibility index (Phi) is 7.86. The van der Waals surface area contributed by atoms with E-state index in [9.17, 15) is 34.5 Å². The number of hydrogen-bond donors (Lipinski definition) is 3. The van der Waals surface area contributed by atoms with Gasteiger partial charge in [0.05, 0.1) is 35.2 Å². The Bertz CT molecular complexity index is 1010. The van der Waals surface area contributed by atoms with Crippen LogP contribution in [0.4, 0.5) is 0 Å². The molecule has 0 bridgehead atoms. The van der Waals surface area contributed by atoms with E-state index in [1.54, 1.807) is 6.92 Å². The Morgan fingerprint density at radius 2 is 1.56 bits per heavy atom. The molecular weight excluding hydrogens is 512 g/mol. The second kappa shape index (κ2) is 10.3. The van der Waals surface area contributed by atoms with E-state index in [0.29, 0.717) is 12.8 Å². The van der Waals surface area contributed by atoms with Gasteiger partial charge in [0.1, 0.15) is 18.8 Å². The maximum absolute atomic E-state index is 13.0. The second-order valence-corrected chi connectivity index (χ2v) is 12.2. The monoisotopic (exact) mass is 554 g/mol. The molecule has 10 atom stereocenters. The molecule has 0 aromatic rings. The van der Waals surface area contributed by atoms with Crippen LogP contribution in [-0.2, 0) is 38.1 Å². The van der Waals surface area contributed by atoms with Gasteiger partial charge in [-0.25, -0.2) is 0 Å². The molecule has 0 aromatic heterocycles. The van der Waals surface area contributed by atoms with Crippen molar-refractivity contribution in [3.05, 3.63) is 0 Å². The van der Waals surface area contributed by atoms with Gasteiger partial charge in [0.25, 0.3) is 0 Å². The third kappa shape index (κ3) is 4.54. The molecule has 4 saturated carbocycles. The van der Waals surface area contributed by atoms with Gasteiger partial charge in [0.2, 0.25) is 0 Å². The minimum atomic E-state index is -1.66. The number of aliphatic hydroxyl groups excluding tert-OH is 1. The maximum Gasteiger partial charge on any atom is 0.309 e. The number of aliphatic hydroxyl groups is 3. The van der Waals surface area contributed by atoms with Gasteiger partial charge in [-0.2, -0.15) is 0 Å². The van der Waals surface area contributed by atoms with Crippen molar-refractivity contribution in [3.63, 3.8) is 0 Å². The van der Waals surface area contributed by atoms with E-state index in [0.717, 1.165) is 0 Å². The maximum atomic E-state index is 13.0. The molecule has 0 saturated heterocycles. The van der Waals surface area contributed by atoms with Crippen LogP contribution in [0, 0.1) is 28.6 Å². The SMILES string of the molecule is CCOC(=O)[C@@H]1CC[C@]2(O)[C@@H]3CC[C@]4(O)C[C@H](OC(C)=O)C[C@H](O)[C@]4(COC(C)=O)[C@@H]3[C@H](OC(C)=O)C[C@]12C. The van der Waals surface area contributed by atoms with Crippen molar-refractivity contribution in [1.82, 2.24) is 0 Å². The first kappa shape index (κ1) is 29.7. The van der Waals surface area contributed by atoms with Crippen LogP contribution in [0.5, 0.6) is 0 Å². The molecule has 3 N–H and O–H groups in total. The second-order valence-electron chi connectivity index (χ2n) is 12.2. The number of carbonyl (C=O) groups excluding carboxylic acids is 4. The third-order valence-electron chi connectivity index (χ3n) is 10.4. The standard InChI is InChI=1S/C28H42O11/c1-6-36-24(33)20-8-10-28(35)19-7-9-26(34)12-18(38-16(3)30)11-22(32)27(26,14-37-15(2)29)23(19)21(39-17(4)31)13-25(20,28)5/h18-23,32,34-35H,6-14H2,1-5H3/t18-,19-,20+,21-,22+,23+,25-,26+,27-,28+/m1/s1. The average molecular weight is 555 g/mol. The molecule has 220 valence electrons. The zero-order valence-electron chi connectivity index (χ0n) is 23.4. The van der Waals surface area contributed by atoms with Crippen LogP contribution >= 0.6 is 0 Å². The normalized spacial score (nSPS) is 44.7. The van der Waals surface area contributed by atoms with Crippen molar-refractivity contribution in [2.75, 3.05) is 13.2 Å². The smallest absolute Gasteiger partial charge is 0.309 e. The summed E-state index contributed by atoms with van der Waals surface area (Å²) in [5.74, 6) is -4.21. The minimum absolute atomic E-state index is 0.0118. The largest absolute Gasteiger partial charge is 0.466 e. The molecular formula is C28H42O11. The highest BCUT2D eigenvalue weighted by atomic mass is 16.6. The summed E-state index contributed by atoms with van der Waals surface area (Å²) in [6.45, 7) is 7.09. The molecule has 0 aliphatic heterocycles. The molecule has 4 aliphatic rings. The molecule has 39 heavy (non-hydrogen) atoms. The summed E-state index contributed by atoms with van der Waals surface area (Å²) in [6, 6.07) is 0. The zero-order chi connectivity index (χ0) is 29.0. The van der Waals surface area contributed by atoms with E-state index < -0.39 is 82.0 Å². The molecule has 0 radical (unpaired) electrons. The highest BCUT2D eigenvalue weighted by molar-refractivity contribution is 5.74. The highest BCUT2D eigenvalue weighted by Gasteiger charge is 2.77. The van der Waals surface area contributed by atoms with Crippen LogP contribution in [0.15, 0.2) is 0 Å². The number of hydrogen-bond acceptors (Lipinski definition) is 11. The summed E-state index contributed by atoms with van der Waals surface area (Å²) in [7, 11) is 0. The summed E-state index contributed by atoms with van der Waals surface area (Å²) < 4.78 is 22.1. The topological polar surface area (TPSA) is 166 Å². The van der Waals surface area contributed by atoms with Crippen molar-refractivity contribution in [2.24, 2.45) is 28.6 Å². The highest BCUT2D eigenvalue weighted by Crippen LogP contribution is 2.70. The number of rotatable bonds is 6. The van der Waals surface area contributed by atoms with Crippen LogP contribution < -0.4 is 0 Å². The predicted octanol–water partition coefficient (Wildman–Crippen LogP) is 1.43.